The van der Waals surface area contributed by atoms with Crippen LogP contribution in [0.5, 0.6) is 0 Å². The maximum Gasteiger partial charge on any atom is 0.309 e. The summed E-state index contributed by atoms with van der Waals surface area (Å²) in [5.74, 6) is -1.97. The Labute approximate surface area is 155 Å². The first-order valence-corrected chi connectivity index (χ1v) is 8.84. The molecule has 5 heteroatoms. The zero-order valence-corrected chi connectivity index (χ0v) is 15.6. The topological polar surface area (TPSA) is 52.6 Å². The highest BCUT2D eigenvalue weighted by atomic mass is 79.9. The van der Waals surface area contributed by atoms with Crippen molar-refractivity contribution < 1.29 is 19.1 Å². The van der Waals surface area contributed by atoms with E-state index in [1.807, 2.05) is 54.6 Å². The first-order valence-electron chi connectivity index (χ1n) is 8.04. The van der Waals surface area contributed by atoms with Crippen molar-refractivity contribution in [2.75, 3.05) is 14.2 Å². The van der Waals surface area contributed by atoms with Crippen LogP contribution in [0.1, 0.15) is 23.0 Å². The zero-order chi connectivity index (χ0) is 18.0. The molecule has 0 spiro atoms. The molecule has 4 atom stereocenters. The Morgan fingerprint density at radius 3 is 1.64 bits per heavy atom. The Kier molecular flexibility index (Phi) is 5.23. The molecule has 0 amide bonds. The van der Waals surface area contributed by atoms with Crippen LogP contribution < -0.4 is 0 Å². The molecule has 1 saturated carbocycles. The minimum atomic E-state index is -0.419. The first kappa shape index (κ1) is 17.7. The van der Waals surface area contributed by atoms with Gasteiger partial charge in [-0.3, -0.25) is 9.59 Å². The molecule has 2 aromatic carbocycles. The number of ether oxygens (including phenoxy) is 2. The number of esters is 2. The summed E-state index contributed by atoms with van der Waals surface area (Å²) in [4.78, 5) is 25.0. The summed E-state index contributed by atoms with van der Waals surface area (Å²) in [5, 5.41) is 0. The Hall–Kier alpha value is -2.14. The van der Waals surface area contributed by atoms with Crippen molar-refractivity contribution in [3.05, 3.63) is 70.2 Å². The largest absolute Gasteiger partial charge is 0.469 e. The van der Waals surface area contributed by atoms with Gasteiger partial charge in [0.25, 0.3) is 0 Å². The summed E-state index contributed by atoms with van der Waals surface area (Å²) in [7, 11) is 2.77. The Morgan fingerprint density at radius 2 is 1.20 bits per heavy atom. The third kappa shape index (κ3) is 3.21. The fourth-order valence-electron chi connectivity index (χ4n) is 3.80. The van der Waals surface area contributed by atoms with Crippen LogP contribution in [0.25, 0.3) is 0 Å². The molecular formula is C20H19BrO4. The highest BCUT2D eigenvalue weighted by molar-refractivity contribution is 9.10. The smallest absolute Gasteiger partial charge is 0.309 e. The van der Waals surface area contributed by atoms with Crippen LogP contribution in [0.4, 0.5) is 0 Å². The van der Waals surface area contributed by atoms with Crippen molar-refractivity contribution in [3.63, 3.8) is 0 Å². The highest BCUT2D eigenvalue weighted by Gasteiger charge is 2.59. The molecule has 2 aromatic rings. The molecule has 0 aromatic heterocycles. The second-order valence-electron chi connectivity index (χ2n) is 6.11. The molecule has 0 heterocycles. The van der Waals surface area contributed by atoms with Gasteiger partial charge < -0.3 is 9.47 Å². The van der Waals surface area contributed by atoms with E-state index in [1.54, 1.807) is 0 Å². The van der Waals surface area contributed by atoms with Gasteiger partial charge in [0.2, 0.25) is 0 Å². The van der Waals surface area contributed by atoms with Crippen molar-refractivity contribution in [3.8, 4) is 0 Å². The lowest BCUT2D eigenvalue weighted by molar-refractivity contribution is -0.164. The molecule has 1 aliphatic rings. The standard InChI is InChI=1S/C20H19BrO4/c1-24-19(22)17-15(12-6-4-3-5-7-12)18(20(23)25-2)16(17)13-8-10-14(21)11-9-13/h3-11,15-18H,1-2H3/t15?,16?,17-,18+. The predicted octanol–water partition coefficient (Wildman–Crippen LogP) is 3.91. The molecule has 4 nitrogen and oxygen atoms in total. The van der Waals surface area contributed by atoms with Gasteiger partial charge in [0.15, 0.2) is 0 Å². The number of carbonyl (C=O) groups excluding carboxylic acids is 2. The Balaban J connectivity index is 2.06. The molecule has 0 aliphatic heterocycles. The minimum Gasteiger partial charge on any atom is -0.469 e. The van der Waals surface area contributed by atoms with E-state index in [9.17, 15) is 9.59 Å². The molecular weight excluding hydrogens is 384 g/mol. The highest BCUT2D eigenvalue weighted by Crippen LogP contribution is 2.58. The number of halogens is 1. The second kappa shape index (κ2) is 7.40. The van der Waals surface area contributed by atoms with Gasteiger partial charge in [-0.1, -0.05) is 58.4 Å². The predicted molar refractivity (Wildman–Crippen MR) is 97.1 cm³/mol. The summed E-state index contributed by atoms with van der Waals surface area (Å²) < 4.78 is 11.0. The lowest BCUT2D eigenvalue weighted by Gasteiger charge is -2.49. The van der Waals surface area contributed by atoms with E-state index >= 15 is 0 Å². The quantitative estimate of drug-likeness (QED) is 0.727. The summed E-state index contributed by atoms with van der Waals surface area (Å²) in [6, 6.07) is 17.3. The number of rotatable bonds is 4. The van der Waals surface area contributed by atoms with Gasteiger partial charge in [-0.25, -0.2) is 0 Å². The van der Waals surface area contributed by atoms with Gasteiger partial charge >= 0.3 is 11.9 Å². The third-order valence-corrected chi connectivity index (χ3v) is 5.46. The average Bonchev–Trinajstić information content (AvgIpc) is 2.63. The van der Waals surface area contributed by atoms with Crippen molar-refractivity contribution in [2.45, 2.75) is 11.8 Å². The number of benzene rings is 2. The number of hydrogen-bond donors (Lipinski definition) is 0. The minimum absolute atomic E-state index is 0.255. The molecule has 25 heavy (non-hydrogen) atoms. The van der Waals surface area contributed by atoms with Crippen LogP contribution in [0.3, 0.4) is 0 Å². The van der Waals surface area contributed by atoms with Gasteiger partial charge in [0.1, 0.15) is 0 Å². The number of hydrogen-bond acceptors (Lipinski definition) is 4. The Bertz CT molecular complexity index is 733. The molecule has 0 radical (unpaired) electrons. The van der Waals surface area contributed by atoms with Crippen molar-refractivity contribution in [1.29, 1.82) is 0 Å². The molecule has 1 aliphatic carbocycles. The van der Waals surface area contributed by atoms with Crippen LogP contribution in [-0.4, -0.2) is 26.2 Å². The lowest BCUT2D eigenvalue weighted by atomic mass is 9.52. The molecule has 3 rings (SSSR count). The van der Waals surface area contributed by atoms with Crippen LogP contribution >= 0.6 is 15.9 Å². The fourth-order valence-corrected chi connectivity index (χ4v) is 4.06. The molecule has 2 unspecified atom stereocenters. The van der Waals surface area contributed by atoms with E-state index in [2.05, 4.69) is 15.9 Å². The lowest BCUT2D eigenvalue weighted by Crippen LogP contribution is -2.51. The van der Waals surface area contributed by atoms with E-state index in [0.717, 1.165) is 15.6 Å². The van der Waals surface area contributed by atoms with Crippen molar-refractivity contribution >= 4 is 27.9 Å². The van der Waals surface area contributed by atoms with Gasteiger partial charge in [0, 0.05) is 16.3 Å². The fraction of sp³-hybridized carbons (Fsp3) is 0.300. The maximum atomic E-state index is 12.5. The number of carbonyl (C=O) groups is 2. The van der Waals surface area contributed by atoms with E-state index in [4.69, 9.17) is 9.47 Å². The van der Waals surface area contributed by atoms with Crippen molar-refractivity contribution in [1.82, 2.24) is 0 Å². The van der Waals surface area contributed by atoms with Crippen LogP contribution in [0, 0.1) is 11.8 Å². The Morgan fingerprint density at radius 1 is 0.760 bits per heavy atom. The number of methoxy groups -OCH3 is 2. The molecule has 0 N–H and O–H groups in total. The van der Waals surface area contributed by atoms with Gasteiger partial charge in [-0.2, -0.15) is 0 Å². The van der Waals surface area contributed by atoms with E-state index in [1.165, 1.54) is 14.2 Å². The third-order valence-electron chi connectivity index (χ3n) is 4.93. The first-order chi connectivity index (χ1) is 12.1. The maximum absolute atomic E-state index is 12.5. The summed E-state index contributed by atoms with van der Waals surface area (Å²) in [5.41, 5.74) is 1.88. The molecule has 0 saturated heterocycles. The van der Waals surface area contributed by atoms with E-state index in [-0.39, 0.29) is 23.8 Å². The van der Waals surface area contributed by atoms with Gasteiger partial charge in [-0.05, 0) is 23.3 Å². The van der Waals surface area contributed by atoms with Crippen LogP contribution in [-0.2, 0) is 19.1 Å². The monoisotopic (exact) mass is 402 g/mol. The summed E-state index contributed by atoms with van der Waals surface area (Å²) >= 11 is 3.42. The molecule has 0 bridgehead atoms. The summed E-state index contributed by atoms with van der Waals surface area (Å²) in [6.07, 6.45) is 0. The second-order valence-corrected chi connectivity index (χ2v) is 7.03. The van der Waals surface area contributed by atoms with E-state index in [0.29, 0.717) is 0 Å². The average molecular weight is 403 g/mol. The van der Waals surface area contributed by atoms with Gasteiger partial charge in [-0.15, -0.1) is 0 Å². The van der Waals surface area contributed by atoms with Crippen molar-refractivity contribution in [2.24, 2.45) is 11.8 Å². The SMILES string of the molecule is COC(=O)[C@@H]1C(c2ccccc2)[C@H](C(=O)OC)C1c1ccc(Br)cc1. The van der Waals surface area contributed by atoms with Gasteiger partial charge in [0.05, 0.1) is 26.1 Å². The van der Waals surface area contributed by atoms with E-state index < -0.39 is 11.8 Å². The summed E-state index contributed by atoms with van der Waals surface area (Å²) in [6.45, 7) is 0. The normalized spacial score (nSPS) is 24.9. The van der Waals surface area contributed by atoms with Crippen LogP contribution in [0.2, 0.25) is 0 Å². The molecule has 130 valence electrons. The van der Waals surface area contributed by atoms with Crippen LogP contribution in [0.15, 0.2) is 59.1 Å². The zero-order valence-electron chi connectivity index (χ0n) is 14.0. The molecule has 1 fully saturated rings.